The van der Waals surface area contributed by atoms with Crippen molar-refractivity contribution in [1.29, 1.82) is 0 Å². The van der Waals surface area contributed by atoms with E-state index in [1.54, 1.807) is 12.1 Å². The van der Waals surface area contributed by atoms with Crippen LogP contribution in [0.1, 0.15) is 17.2 Å². The smallest absolute Gasteiger partial charge is 0.126 e. The molecule has 0 radical (unpaired) electrons. The van der Waals surface area contributed by atoms with Gasteiger partial charge in [-0.2, -0.15) is 0 Å². The molecule has 0 spiro atoms. The Morgan fingerprint density at radius 1 is 0.895 bits per heavy atom. The van der Waals surface area contributed by atoms with Crippen LogP contribution in [0.4, 0.5) is 14.5 Å². The molecule has 0 fully saturated rings. The van der Waals surface area contributed by atoms with Crippen LogP contribution in [-0.2, 0) is 0 Å². The van der Waals surface area contributed by atoms with Crippen LogP contribution in [0.15, 0.2) is 42.5 Å². The fourth-order valence-corrected chi connectivity index (χ4v) is 1.88. The van der Waals surface area contributed by atoms with E-state index < -0.39 is 17.7 Å². The topological polar surface area (TPSA) is 23.5 Å². The third kappa shape index (κ3) is 3.09. The molecule has 0 aliphatic rings. The highest BCUT2D eigenvalue weighted by atomic mass is 19.1. The summed E-state index contributed by atoms with van der Waals surface area (Å²) in [4.78, 5) is 1.93. The van der Waals surface area contributed by atoms with Crippen molar-refractivity contribution in [1.82, 2.24) is 0 Å². The molecule has 2 rings (SSSR count). The predicted octanol–water partition coefficient (Wildman–Crippen LogP) is 3.11. The van der Waals surface area contributed by atoms with Crippen LogP contribution in [0.25, 0.3) is 0 Å². The van der Waals surface area contributed by atoms with Crippen molar-refractivity contribution in [2.24, 2.45) is 0 Å². The number of nitrogens with zero attached hydrogens (tertiary/aromatic N) is 1. The van der Waals surface area contributed by atoms with Gasteiger partial charge in [0.1, 0.15) is 17.7 Å². The van der Waals surface area contributed by atoms with Crippen molar-refractivity contribution in [3.05, 3.63) is 65.2 Å². The molecule has 0 saturated carbocycles. The van der Waals surface area contributed by atoms with E-state index in [1.165, 1.54) is 0 Å². The summed E-state index contributed by atoms with van der Waals surface area (Å²) in [5.41, 5.74) is 1.78. The molecule has 0 amide bonds. The number of anilines is 1. The van der Waals surface area contributed by atoms with Gasteiger partial charge in [-0.1, -0.05) is 12.1 Å². The molecule has 1 atom stereocenters. The Morgan fingerprint density at radius 2 is 1.42 bits per heavy atom. The Hall–Kier alpha value is -1.94. The molecular formula is C15H15F2NO. The SMILES string of the molecule is CN(C)c1ccc(C(O)c2cc(F)cc(F)c2)cc1. The van der Waals surface area contributed by atoms with Gasteiger partial charge < -0.3 is 10.0 Å². The molecule has 0 bridgehead atoms. The van der Waals surface area contributed by atoms with E-state index in [-0.39, 0.29) is 5.56 Å². The Balaban J connectivity index is 2.30. The summed E-state index contributed by atoms with van der Waals surface area (Å²) in [7, 11) is 3.82. The number of hydrogen-bond donors (Lipinski definition) is 1. The van der Waals surface area contributed by atoms with Crippen molar-refractivity contribution in [3.8, 4) is 0 Å². The maximum atomic E-state index is 13.1. The highest BCUT2D eigenvalue weighted by Crippen LogP contribution is 2.25. The number of aliphatic hydroxyl groups excluding tert-OH is 1. The van der Waals surface area contributed by atoms with E-state index in [2.05, 4.69) is 0 Å². The lowest BCUT2D eigenvalue weighted by atomic mass is 10.0. The van der Waals surface area contributed by atoms with Crippen molar-refractivity contribution in [2.75, 3.05) is 19.0 Å². The minimum absolute atomic E-state index is 0.204. The first-order chi connectivity index (χ1) is 8.97. The fraction of sp³-hybridized carbons (Fsp3) is 0.200. The van der Waals surface area contributed by atoms with Gasteiger partial charge in [-0.05, 0) is 35.4 Å². The Kier molecular flexibility index (Phi) is 3.81. The number of benzene rings is 2. The maximum Gasteiger partial charge on any atom is 0.126 e. The first-order valence-electron chi connectivity index (χ1n) is 5.88. The summed E-state index contributed by atoms with van der Waals surface area (Å²) in [5.74, 6) is -1.39. The minimum Gasteiger partial charge on any atom is -0.384 e. The molecule has 0 aromatic heterocycles. The molecule has 2 aromatic carbocycles. The second-order valence-electron chi connectivity index (χ2n) is 4.59. The molecule has 0 heterocycles. The van der Waals surface area contributed by atoms with Gasteiger partial charge in [-0.3, -0.25) is 0 Å². The van der Waals surface area contributed by atoms with Crippen LogP contribution in [0.5, 0.6) is 0 Å². The van der Waals surface area contributed by atoms with Crippen molar-refractivity contribution < 1.29 is 13.9 Å². The Labute approximate surface area is 110 Å². The zero-order valence-electron chi connectivity index (χ0n) is 10.8. The summed E-state index contributed by atoms with van der Waals surface area (Å²) in [6.45, 7) is 0. The standard InChI is InChI=1S/C15H15F2NO/c1-18(2)14-5-3-10(4-6-14)15(19)11-7-12(16)9-13(17)8-11/h3-9,15,19H,1-2H3. The number of halogens is 2. The van der Waals surface area contributed by atoms with E-state index in [0.29, 0.717) is 5.56 Å². The van der Waals surface area contributed by atoms with E-state index >= 15 is 0 Å². The van der Waals surface area contributed by atoms with Crippen LogP contribution in [0, 0.1) is 11.6 Å². The monoisotopic (exact) mass is 263 g/mol. The molecule has 0 saturated heterocycles. The van der Waals surface area contributed by atoms with Gasteiger partial charge in [0.25, 0.3) is 0 Å². The van der Waals surface area contributed by atoms with Gasteiger partial charge in [-0.15, -0.1) is 0 Å². The average molecular weight is 263 g/mol. The second kappa shape index (κ2) is 5.36. The Morgan fingerprint density at radius 3 is 1.89 bits per heavy atom. The van der Waals surface area contributed by atoms with Gasteiger partial charge >= 0.3 is 0 Å². The molecule has 0 aliphatic heterocycles. The van der Waals surface area contributed by atoms with E-state index in [4.69, 9.17) is 0 Å². The summed E-state index contributed by atoms with van der Waals surface area (Å²) in [5, 5.41) is 10.1. The van der Waals surface area contributed by atoms with Crippen LogP contribution in [-0.4, -0.2) is 19.2 Å². The zero-order chi connectivity index (χ0) is 14.0. The lowest BCUT2D eigenvalue weighted by molar-refractivity contribution is 0.219. The molecule has 19 heavy (non-hydrogen) atoms. The number of hydrogen-bond acceptors (Lipinski definition) is 2. The summed E-state index contributed by atoms with van der Waals surface area (Å²) in [6.07, 6.45) is -1.04. The molecule has 1 unspecified atom stereocenters. The van der Waals surface area contributed by atoms with Gasteiger partial charge in [0, 0.05) is 25.8 Å². The lowest BCUT2D eigenvalue weighted by Crippen LogP contribution is -2.08. The van der Waals surface area contributed by atoms with Gasteiger partial charge in [0.15, 0.2) is 0 Å². The molecule has 100 valence electrons. The molecule has 1 N–H and O–H groups in total. The second-order valence-corrected chi connectivity index (χ2v) is 4.59. The average Bonchev–Trinajstić information content (AvgIpc) is 2.37. The predicted molar refractivity (Wildman–Crippen MR) is 71.2 cm³/mol. The number of aliphatic hydroxyl groups is 1. The molecule has 0 aliphatic carbocycles. The quantitative estimate of drug-likeness (QED) is 0.919. The van der Waals surface area contributed by atoms with Crippen LogP contribution >= 0.6 is 0 Å². The zero-order valence-corrected chi connectivity index (χ0v) is 10.8. The van der Waals surface area contributed by atoms with Gasteiger partial charge in [0.2, 0.25) is 0 Å². The highest BCUT2D eigenvalue weighted by Gasteiger charge is 2.13. The largest absolute Gasteiger partial charge is 0.384 e. The summed E-state index contributed by atoms with van der Waals surface area (Å²) >= 11 is 0. The van der Waals surface area contributed by atoms with Crippen molar-refractivity contribution in [2.45, 2.75) is 6.10 Å². The van der Waals surface area contributed by atoms with Crippen LogP contribution < -0.4 is 4.90 Å². The summed E-state index contributed by atoms with van der Waals surface area (Å²) < 4.78 is 26.2. The molecule has 2 aromatic rings. The number of rotatable bonds is 3. The molecule has 4 heteroatoms. The molecular weight excluding hydrogens is 248 g/mol. The van der Waals surface area contributed by atoms with E-state index in [0.717, 1.165) is 23.9 Å². The van der Waals surface area contributed by atoms with Crippen LogP contribution in [0.3, 0.4) is 0 Å². The van der Waals surface area contributed by atoms with Gasteiger partial charge in [0.05, 0.1) is 0 Å². The Bertz CT molecular complexity index is 547. The van der Waals surface area contributed by atoms with E-state index in [9.17, 15) is 13.9 Å². The maximum absolute atomic E-state index is 13.1. The fourth-order valence-electron chi connectivity index (χ4n) is 1.88. The third-order valence-electron chi connectivity index (χ3n) is 2.93. The van der Waals surface area contributed by atoms with E-state index in [1.807, 2.05) is 31.1 Å². The van der Waals surface area contributed by atoms with Crippen LogP contribution in [0.2, 0.25) is 0 Å². The molecule has 2 nitrogen and oxygen atoms in total. The lowest BCUT2D eigenvalue weighted by Gasteiger charge is -2.15. The minimum atomic E-state index is -1.04. The summed E-state index contributed by atoms with van der Waals surface area (Å²) in [6, 6.07) is 10.2. The third-order valence-corrected chi connectivity index (χ3v) is 2.93. The first-order valence-corrected chi connectivity index (χ1v) is 5.88. The van der Waals surface area contributed by atoms with Crippen molar-refractivity contribution in [3.63, 3.8) is 0 Å². The van der Waals surface area contributed by atoms with Gasteiger partial charge in [-0.25, -0.2) is 8.78 Å². The van der Waals surface area contributed by atoms with Crippen molar-refractivity contribution >= 4 is 5.69 Å². The normalized spacial score (nSPS) is 12.3. The highest BCUT2D eigenvalue weighted by molar-refractivity contribution is 5.47. The first kappa shape index (κ1) is 13.5.